The zero-order valence-electron chi connectivity index (χ0n) is 19.9. The lowest BCUT2D eigenvalue weighted by atomic mass is 9.82. The summed E-state index contributed by atoms with van der Waals surface area (Å²) in [7, 11) is 1.69. The van der Waals surface area contributed by atoms with E-state index in [1.807, 2.05) is 56.3 Å². The Labute approximate surface area is 200 Å². The number of fused-ring (bicyclic) bond motifs is 1. The Bertz CT molecular complexity index is 1210. The maximum absolute atomic E-state index is 14.0. The molecule has 0 atom stereocenters. The zero-order chi connectivity index (χ0) is 23.9. The van der Waals surface area contributed by atoms with Crippen molar-refractivity contribution >= 4 is 11.6 Å². The number of pyridine rings is 1. The maximum atomic E-state index is 14.0. The SMILES string of the molecule is COc1ccccc1CN1CCN(C2(c3cc(C)nc(C)c3)C(=O)c3ccccc3C2=O)CC1. The standard InChI is InChI=1S/C28H29N3O3/c1-19-16-22(17-20(2)29-19)28(26(32)23-9-5-6-10-24(23)27(28)33)31-14-12-30(13-15-31)18-21-8-4-7-11-25(21)34-3/h4-11,16-17H,12-15,18H2,1-3H3. The molecule has 34 heavy (non-hydrogen) atoms. The molecule has 0 bridgehead atoms. The van der Waals surface area contributed by atoms with Gasteiger partial charge in [0.25, 0.3) is 0 Å². The molecule has 3 aromatic rings. The van der Waals surface area contributed by atoms with Gasteiger partial charge in [0.2, 0.25) is 0 Å². The van der Waals surface area contributed by atoms with Gasteiger partial charge in [-0.25, -0.2) is 0 Å². The van der Waals surface area contributed by atoms with Crippen molar-refractivity contribution in [3.63, 3.8) is 0 Å². The van der Waals surface area contributed by atoms with Crippen LogP contribution < -0.4 is 4.74 Å². The number of Topliss-reactive ketones (excluding diaryl/α,β-unsaturated/α-hetero) is 2. The van der Waals surface area contributed by atoms with Crippen molar-refractivity contribution in [2.24, 2.45) is 0 Å². The number of ketones is 2. The summed E-state index contributed by atoms with van der Waals surface area (Å²) in [4.78, 5) is 36.9. The molecular formula is C28H29N3O3. The second-order valence-electron chi connectivity index (χ2n) is 9.13. The van der Waals surface area contributed by atoms with Gasteiger partial charge in [-0.05, 0) is 37.6 Å². The fourth-order valence-corrected chi connectivity index (χ4v) is 5.46. The molecule has 174 valence electrons. The van der Waals surface area contributed by atoms with E-state index >= 15 is 0 Å². The number of aromatic nitrogens is 1. The number of benzene rings is 2. The van der Waals surface area contributed by atoms with E-state index < -0.39 is 5.54 Å². The van der Waals surface area contributed by atoms with Gasteiger partial charge in [0, 0.05) is 60.8 Å². The van der Waals surface area contributed by atoms with Crippen LogP contribution in [-0.4, -0.2) is 59.6 Å². The van der Waals surface area contributed by atoms with Gasteiger partial charge in [-0.15, -0.1) is 0 Å². The highest BCUT2D eigenvalue weighted by Gasteiger charge is 2.58. The summed E-state index contributed by atoms with van der Waals surface area (Å²) in [5, 5.41) is 0. The molecule has 1 aliphatic heterocycles. The minimum Gasteiger partial charge on any atom is -0.496 e. The van der Waals surface area contributed by atoms with Crippen LogP contribution in [0, 0.1) is 13.8 Å². The summed E-state index contributed by atoms with van der Waals surface area (Å²) in [6.07, 6.45) is 0. The summed E-state index contributed by atoms with van der Waals surface area (Å²) in [6.45, 7) is 7.31. The molecule has 6 heteroatoms. The largest absolute Gasteiger partial charge is 0.496 e. The number of nitrogens with zero attached hydrogens (tertiary/aromatic N) is 3. The van der Waals surface area contributed by atoms with E-state index in [-0.39, 0.29) is 11.6 Å². The van der Waals surface area contributed by atoms with Crippen LogP contribution in [-0.2, 0) is 12.1 Å². The number of carbonyl (C=O) groups is 2. The highest BCUT2D eigenvalue weighted by molar-refractivity contribution is 6.32. The summed E-state index contributed by atoms with van der Waals surface area (Å²) in [5.74, 6) is 0.619. The first-order valence-corrected chi connectivity index (χ1v) is 11.7. The molecule has 1 saturated heterocycles. The highest BCUT2D eigenvalue weighted by atomic mass is 16.5. The molecule has 2 heterocycles. The van der Waals surface area contributed by atoms with Crippen molar-refractivity contribution in [3.05, 3.63) is 94.3 Å². The lowest BCUT2D eigenvalue weighted by Crippen LogP contribution is -2.60. The van der Waals surface area contributed by atoms with Crippen molar-refractivity contribution in [3.8, 4) is 5.75 Å². The van der Waals surface area contributed by atoms with E-state index in [1.165, 1.54) is 0 Å². The first-order chi connectivity index (χ1) is 16.4. The van der Waals surface area contributed by atoms with Gasteiger partial charge in [0.05, 0.1) is 7.11 Å². The summed E-state index contributed by atoms with van der Waals surface area (Å²) in [6, 6.07) is 19.0. The third-order valence-corrected chi connectivity index (χ3v) is 7.01. The van der Waals surface area contributed by atoms with E-state index in [0.717, 1.165) is 47.9 Å². The summed E-state index contributed by atoms with van der Waals surface area (Å²) < 4.78 is 5.52. The van der Waals surface area contributed by atoms with E-state index in [1.54, 1.807) is 19.2 Å². The van der Waals surface area contributed by atoms with Gasteiger partial charge in [0.1, 0.15) is 5.75 Å². The van der Waals surface area contributed by atoms with Gasteiger partial charge >= 0.3 is 0 Å². The molecule has 1 aromatic heterocycles. The number of aryl methyl sites for hydroxylation is 2. The molecule has 1 aliphatic carbocycles. The Morgan fingerprint density at radius 3 is 2.00 bits per heavy atom. The molecule has 0 N–H and O–H groups in total. The third kappa shape index (κ3) is 3.54. The fraction of sp³-hybridized carbons (Fsp3) is 0.321. The van der Waals surface area contributed by atoms with Crippen LogP contribution in [0.2, 0.25) is 0 Å². The number of methoxy groups -OCH3 is 1. The quantitative estimate of drug-likeness (QED) is 0.546. The Balaban J connectivity index is 1.49. The molecule has 0 amide bonds. The molecule has 1 fully saturated rings. The lowest BCUT2D eigenvalue weighted by Gasteiger charge is -2.44. The topological polar surface area (TPSA) is 62.7 Å². The molecule has 5 rings (SSSR count). The number of piperazine rings is 1. The normalized spacial score (nSPS) is 18.2. The van der Waals surface area contributed by atoms with Crippen molar-refractivity contribution in [1.82, 2.24) is 14.8 Å². The number of hydrogen-bond donors (Lipinski definition) is 0. The zero-order valence-corrected chi connectivity index (χ0v) is 19.9. The Morgan fingerprint density at radius 2 is 1.41 bits per heavy atom. The Morgan fingerprint density at radius 1 is 0.853 bits per heavy atom. The number of rotatable bonds is 5. The third-order valence-electron chi connectivity index (χ3n) is 7.01. The molecular weight excluding hydrogens is 426 g/mol. The van der Waals surface area contributed by atoms with Crippen LogP contribution in [0.15, 0.2) is 60.7 Å². The maximum Gasteiger partial charge on any atom is 0.196 e. The van der Waals surface area contributed by atoms with Crippen molar-refractivity contribution < 1.29 is 14.3 Å². The van der Waals surface area contributed by atoms with Crippen molar-refractivity contribution in [2.75, 3.05) is 33.3 Å². The van der Waals surface area contributed by atoms with Gasteiger partial charge in [-0.1, -0.05) is 42.5 Å². The molecule has 2 aliphatic rings. The lowest BCUT2D eigenvalue weighted by molar-refractivity contribution is 0.0278. The fourth-order valence-electron chi connectivity index (χ4n) is 5.46. The molecule has 0 saturated carbocycles. The molecule has 2 aromatic carbocycles. The monoisotopic (exact) mass is 455 g/mol. The van der Waals surface area contributed by atoms with E-state index in [0.29, 0.717) is 24.2 Å². The van der Waals surface area contributed by atoms with Crippen LogP contribution in [0.25, 0.3) is 0 Å². The number of ether oxygens (including phenoxy) is 1. The molecule has 6 nitrogen and oxygen atoms in total. The van der Waals surface area contributed by atoms with Gasteiger partial charge in [-0.2, -0.15) is 0 Å². The van der Waals surface area contributed by atoms with Crippen LogP contribution in [0.4, 0.5) is 0 Å². The average molecular weight is 456 g/mol. The number of carbonyl (C=O) groups excluding carboxylic acids is 2. The molecule has 0 spiro atoms. The summed E-state index contributed by atoms with van der Waals surface area (Å²) >= 11 is 0. The van der Waals surface area contributed by atoms with Crippen molar-refractivity contribution in [1.29, 1.82) is 0 Å². The van der Waals surface area contributed by atoms with Crippen molar-refractivity contribution in [2.45, 2.75) is 25.9 Å². The second kappa shape index (κ2) is 8.78. The van der Waals surface area contributed by atoms with Gasteiger partial charge < -0.3 is 4.74 Å². The van der Waals surface area contributed by atoms with Crippen LogP contribution in [0.5, 0.6) is 5.75 Å². The first-order valence-electron chi connectivity index (χ1n) is 11.7. The van der Waals surface area contributed by atoms with E-state index in [9.17, 15) is 9.59 Å². The number of hydrogen-bond acceptors (Lipinski definition) is 6. The first kappa shape index (κ1) is 22.4. The predicted octanol–water partition coefficient (Wildman–Crippen LogP) is 3.80. The average Bonchev–Trinajstić information content (AvgIpc) is 3.07. The number of para-hydroxylation sites is 1. The second-order valence-corrected chi connectivity index (χ2v) is 9.13. The summed E-state index contributed by atoms with van der Waals surface area (Å²) in [5.41, 5.74) is 3.16. The molecule has 0 radical (unpaired) electrons. The molecule has 0 unspecified atom stereocenters. The smallest absolute Gasteiger partial charge is 0.196 e. The van der Waals surface area contributed by atoms with E-state index in [4.69, 9.17) is 4.74 Å². The minimum absolute atomic E-state index is 0.128. The van der Waals surface area contributed by atoms with Crippen LogP contribution in [0.1, 0.15) is 43.2 Å². The van der Waals surface area contributed by atoms with Gasteiger partial charge in [0.15, 0.2) is 17.1 Å². The highest BCUT2D eigenvalue weighted by Crippen LogP contribution is 2.43. The Hall–Kier alpha value is -3.35. The Kier molecular flexibility index (Phi) is 5.80. The van der Waals surface area contributed by atoms with E-state index in [2.05, 4.69) is 20.9 Å². The predicted molar refractivity (Wildman–Crippen MR) is 130 cm³/mol. The van der Waals surface area contributed by atoms with Crippen LogP contribution in [0.3, 0.4) is 0 Å². The minimum atomic E-state index is -1.33. The van der Waals surface area contributed by atoms with Gasteiger partial charge in [-0.3, -0.25) is 24.4 Å². The van der Waals surface area contributed by atoms with Crippen LogP contribution >= 0.6 is 0 Å².